The zero-order valence-corrected chi connectivity index (χ0v) is 12.2. The summed E-state index contributed by atoms with van der Waals surface area (Å²) >= 11 is 0. The number of anilines is 1. The first-order chi connectivity index (χ1) is 9.30. The molecule has 0 heterocycles. The van der Waals surface area contributed by atoms with Crippen LogP contribution in [0.3, 0.4) is 0 Å². The van der Waals surface area contributed by atoms with Crippen LogP contribution in [0.2, 0.25) is 0 Å². The van der Waals surface area contributed by atoms with Crippen LogP contribution in [0.15, 0.2) is 42.5 Å². The van der Waals surface area contributed by atoms with E-state index in [4.69, 9.17) is 0 Å². The Morgan fingerprint density at radius 1 is 1.05 bits per heavy atom. The van der Waals surface area contributed by atoms with E-state index in [0.717, 1.165) is 19.5 Å². The van der Waals surface area contributed by atoms with Crippen LogP contribution in [0.1, 0.15) is 20.3 Å². The number of rotatable bonds is 6. The van der Waals surface area contributed by atoms with Crippen molar-refractivity contribution in [1.82, 2.24) is 5.32 Å². The molecule has 0 aliphatic rings. The highest BCUT2D eigenvalue weighted by Crippen LogP contribution is 2.26. The molecule has 0 saturated heterocycles. The number of likely N-dealkylation sites (N-methyl/N-ethyl adjacent to an activating group) is 2. The number of nitrogens with zero attached hydrogens (tertiary/aromatic N) is 1. The van der Waals surface area contributed by atoms with Gasteiger partial charge in [0.1, 0.15) is 0 Å². The minimum atomic E-state index is 0.541. The van der Waals surface area contributed by atoms with Crippen LogP contribution in [0.25, 0.3) is 10.8 Å². The molecule has 0 spiro atoms. The third kappa shape index (κ3) is 3.07. The molecule has 0 saturated carbocycles. The Kier molecular flexibility index (Phi) is 4.80. The summed E-state index contributed by atoms with van der Waals surface area (Å²) in [6.07, 6.45) is 1.15. The second kappa shape index (κ2) is 6.58. The van der Waals surface area contributed by atoms with E-state index < -0.39 is 0 Å². The molecule has 0 bridgehead atoms. The van der Waals surface area contributed by atoms with Gasteiger partial charge in [0.05, 0.1) is 0 Å². The lowest BCUT2D eigenvalue weighted by Gasteiger charge is -2.28. The van der Waals surface area contributed by atoms with Gasteiger partial charge in [-0.2, -0.15) is 0 Å². The highest BCUT2D eigenvalue weighted by Gasteiger charge is 2.12. The Morgan fingerprint density at radius 2 is 1.79 bits per heavy atom. The van der Waals surface area contributed by atoms with Crippen molar-refractivity contribution in [2.45, 2.75) is 26.3 Å². The third-order valence-electron chi connectivity index (χ3n) is 3.83. The molecule has 2 aromatic carbocycles. The molecule has 0 aliphatic heterocycles. The van der Waals surface area contributed by atoms with Crippen molar-refractivity contribution in [2.75, 3.05) is 25.0 Å². The summed E-state index contributed by atoms with van der Waals surface area (Å²) < 4.78 is 0. The first kappa shape index (κ1) is 13.9. The fourth-order valence-electron chi connectivity index (χ4n) is 2.57. The minimum Gasteiger partial charge on any atom is -0.370 e. The molecule has 2 aromatic rings. The lowest BCUT2D eigenvalue weighted by atomic mass is 10.1. The van der Waals surface area contributed by atoms with Gasteiger partial charge in [0.15, 0.2) is 0 Å². The molecule has 19 heavy (non-hydrogen) atoms. The highest BCUT2D eigenvalue weighted by molar-refractivity contribution is 5.94. The molecule has 1 atom stereocenters. The fourth-order valence-corrected chi connectivity index (χ4v) is 2.57. The van der Waals surface area contributed by atoms with Crippen LogP contribution in [-0.2, 0) is 0 Å². The number of benzene rings is 2. The van der Waals surface area contributed by atoms with Crippen LogP contribution < -0.4 is 10.2 Å². The van der Waals surface area contributed by atoms with Crippen LogP contribution in [0, 0.1) is 0 Å². The summed E-state index contributed by atoms with van der Waals surface area (Å²) in [6, 6.07) is 15.7. The Morgan fingerprint density at radius 3 is 2.47 bits per heavy atom. The number of hydrogen-bond acceptors (Lipinski definition) is 2. The van der Waals surface area contributed by atoms with Gasteiger partial charge in [-0.05, 0) is 31.8 Å². The van der Waals surface area contributed by atoms with Gasteiger partial charge < -0.3 is 10.2 Å². The zero-order valence-electron chi connectivity index (χ0n) is 12.2. The number of nitrogens with one attached hydrogen (secondary N) is 1. The van der Waals surface area contributed by atoms with Gasteiger partial charge in [0.2, 0.25) is 0 Å². The summed E-state index contributed by atoms with van der Waals surface area (Å²) in [5, 5.41) is 6.05. The first-order valence-electron chi connectivity index (χ1n) is 7.20. The van der Waals surface area contributed by atoms with E-state index in [1.54, 1.807) is 0 Å². The summed E-state index contributed by atoms with van der Waals surface area (Å²) in [4.78, 5) is 2.47. The van der Waals surface area contributed by atoms with Crippen molar-refractivity contribution in [3.05, 3.63) is 42.5 Å². The maximum Gasteiger partial charge on any atom is 0.0446 e. The van der Waals surface area contributed by atoms with Gasteiger partial charge in [-0.25, -0.2) is 0 Å². The van der Waals surface area contributed by atoms with Crippen LogP contribution >= 0.6 is 0 Å². The van der Waals surface area contributed by atoms with Gasteiger partial charge in [-0.15, -0.1) is 0 Å². The molecule has 102 valence electrons. The van der Waals surface area contributed by atoms with E-state index >= 15 is 0 Å². The molecule has 2 rings (SSSR count). The Labute approximate surface area is 116 Å². The molecular weight excluding hydrogens is 232 g/mol. The van der Waals surface area contributed by atoms with E-state index in [2.05, 4.69) is 66.5 Å². The van der Waals surface area contributed by atoms with Crippen LogP contribution in [-0.4, -0.2) is 26.2 Å². The molecule has 0 fully saturated rings. The van der Waals surface area contributed by atoms with Gasteiger partial charge in [0.25, 0.3) is 0 Å². The van der Waals surface area contributed by atoms with Crippen LogP contribution in [0.4, 0.5) is 5.69 Å². The van der Waals surface area contributed by atoms with Gasteiger partial charge in [-0.3, -0.25) is 0 Å². The molecular formula is C17H24N2. The molecule has 0 radical (unpaired) electrons. The van der Waals surface area contributed by atoms with Crippen molar-refractivity contribution in [3.63, 3.8) is 0 Å². The summed E-state index contributed by atoms with van der Waals surface area (Å²) in [5.41, 5.74) is 1.34. The van der Waals surface area contributed by atoms with Crippen LogP contribution in [0.5, 0.6) is 0 Å². The minimum absolute atomic E-state index is 0.541. The number of hydrogen-bond donors (Lipinski definition) is 1. The SMILES string of the molecule is CCC(CN(CC)c1cccc2ccccc12)NC. The lowest BCUT2D eigenvalue weighted by molar-refractivity contribution is 0.535. The average Bonchev–Trinajstić information content (AvgIpc) is 2.48. The molecule has 1 N–H and O–H groups in total. The smallest absolute Gasteiger partial charge is 0.0446 e. The molecule has 0 amide bonds. The third-order valence-corrected chi connectivity index (χ3v) is 3.83. The standard InChI is InChI=1S/C17H24N2/c1-4-15(18-3)13-19(5-2)17-12-8-10-14-9-6-7-11-16(14)17/h6-12,15,18H,4-5,13H2,1-3H3. The zero-order chi connectivity index (χ0) is 13.7. The van der Waals surface area contributed by atoms with E-state index in [0.29, 0.717) is 6.04 Å². The second-order valence-electron chi connectivity index (χ2n) is 4.93. The predicted octanol–water partition coefficient (Wildman–Crippen LogP) is 3.66. The molecule has 0 aromatic heterocycles. The monoisotopic (exact) mass is 256 g/mol. The van der Waals surface area contributed by atoms with Gasteiger partial charge >= 0.3 is 0 Å². The van der Waals surface area contributed by atoms with E-state index in [-0.39, 0.29) is 0 Å². The topological polar surface area (TPSA) is 15.3 Å². The normalized spacial score (nSPS) is 12.6. The van der Waals surface area contributed by atoms with Crippen molar-refractivity contribution >= 4 is 16.5 Å². The fraction of sp³-hybridized carbons (Fsp3) is 0.412. The largest absolute Gasteiger partial charge is 0.370 e. The highest BCUT2D eigenvalue weighted by atomic mass is 15.1. The molecule has 0 aliphatic carbocycles. The van der Waals surface area contributed by atoms with Crippen molar-refractivity contribution in [1.29, 1.82) is 0 Å². The first-order valence-corrected chi connectivity index (χ1v) is 7.20. The van der Waals surface area contributed by atoms with Crippen molar-refractivity contribution < 1.29 is 0 Å². The quantitative estimate of drug-likeness (QED) is 0.848. The van der Waals surface area contributed by atoms with E-state index in [1.165, 1.54) is 16.5 Å². The summed E-state index contributed by atoms with van der Waals surface area (Å²) in [7, 11) is 2.05. The summed E-state index contributed by atoms with van der Waals surface area (Å²) in [6.45, 7) is 6.55. The Balaban J connectivity index is 2.35. The molecule has 2 nitrogen and oxygen atoms in total. The molecule has 1 unspecified atom stereocenters. The van der Waals surface area contributed by atoms with Crippen molar-refractivity contribution in [3.8, 4) is 0 Å². The lowest BCUT2D eigenvalue weighted by Crippen LogP contribution is -2.39. The van der Waals surface area contributed by atoms with E-state index in [1.807, 2.05) is 7.05 Å². The maximum absolute atomic E-state index is 3.39. The van der Waals surface area contributed by atoms with Gasteiger partial charge in [-0.1, -0.05) is 43.3 Å². The average molecular weight is 256 g/mol. The summed E-state index contributed by atoms with van der Waals surface area (Å²) in [5.74, 6) is 0. The van der Waals surface area contributed by atoms with E-state index in [9.17, 15) is 0 Å². The predicted molar refractivity (Wildman–Crippen MR) is 85.0 cm³/mol. The molecule has 2 heteroatoms. The Hall–Kier alpha value is -1.54. The maximum atomic E-state index is 3.39. The van der Waals surface area contributed by atoms with Gasteiger partial charge in [0, 0.05) is 30.2 Å². The number of fused-ring (bicyclic) bond motifs is 1. The van der Waals surface area contributed by atoms with Crippen molar-refractivity contribution in [2.24, 2.45) is 0 Å². The Bertz CT molecular complexity index is 512. The second-order valence-corrected chi connectivity index (χ2v) is 4.93.